The van der Waals surface area contributed by atoms with E-state index < -0.39 is 23.9 Å². The number of allylic oxidation sites excluding steroid dienone is 1. The number of primary amides is 1. The highest BCUT2D eigenvalue weighted by atomic mass is 16.5. The molecule has 0 radical (unpaired) electrons. The Morgan fingerprint density at radius 1 is 1.21 bits per heavy atom. The number of aliphatic carboxylic acids is 1. The molecule has 2 aromatic carbocycles. The maximum atomic E-state index is 12.4. The predicted octanol–water partition coefficient (Wildman–Crippen LogP) is 3.79. The molecular weight excluding hydrogens is 500 g/mol. The maximum Gasteiger partial charge on any atom is 0.337 e. The monoisotopic (exact) mass is 530 g/mol. The molecule has 1 amide bonds. The van der Waals surface area contributed by atoms with Crippen LogP contribution in [0.3, 0.4) is 0 Å². The number of methoxy groups -OCH3 is 1. The van der Waals surface area contributed by atoms with Crippen LogP contribution < -0.4 is 20.5 Å². The number of carbonyl (C=O) groups is 2. The van der Waals surface area contributed by atoms with Gasteiger partial charge in [-0.1, -0.05) is 36.4 Å². The van der Waals surface area contributed by atoms with Crippen LogP contribution in [0.15, 0.2) is 66.0 Å². The van der Waals surface area contributed by atoms with Crippen LogP contribution in [-0.4, -0.2) is 40.8 Å². The number of anilines is 1. The SMILES string of the molecule is CCOc1ncc(C)c2c1[C@H](c1ccc(C#N)cc1OC)C(C(N)=O)=C(C)N2.O=C(O)C(O)c1ccccc1. The van der Waals surface area contributed by atoms with E-state index in [9.17, 15) is 14.9 Å². The van der Waals surface area contributed by atoms with Crippen LogP contribution in [0.2, 0.25) is 0 Å². The molecule has 1 aliphatic rings. The van der Waals surface area contributed by atoms with Crippen molar-refractivity contribution in [3.05, 3.63) is 93.8 Å². The van der Waals surface area contributed by atoms with Gasteiger partial charge in [0.2, 0.25) is 11.8 Å². The molecular formula is C29H30N4O6. The average Bonchev–Trinajstić information content (AvgIpc) is 2.94. The van der Waals surface area contributed by atoms with Gasteiger partial charge in [-0.25, -0.2) is 9.78 Å². The number of hydrogen-bond donors (Lipinski definition) is 4. The van der Waals surface area contributed by atoms with E-state index in [2.05, 4.69) is 16.4 Å². The molecule has 0 saturated carbocycles. The van der Waals surface area contributed by atoms with Crippen molar-refractivity contribution in [3.63, 3.8) is 0 Å². The third kappa shape index (κ3) is 6.17. The first-order valence-corrected chi connectivity index (χ1v) is 12.1. The summed E-state index contributed by atoms with van der Waals surface area (Å²) in [6.07, 6.45) is 0.322. The van der Waals surface area contributed by atoms with Crippen molar-refractivity contribution < 1.29 is 29.3 Å². The van der Waals surface area contributed by atoms with Crippen LogP contribution in [-0.2, 0) is 9.59 Å². The Morgan fingerprint density at radius 3 is 2.46 bits per heavy atom. The molecule has 2 heterocycles. The molecule has 1 aliphatic heterocycles. The van der Waals surface area contributed by atoms with Gasteiger partial charge in [-0.15, -0.1) is 0 Å². The third-order valence-corrected chi connectivity index (χ3v) is 6.13. The van der Waals surface area contributed by atoms with Crippen LogP contribution in [0.4, 0.5) is 5.69 Å². The second kappa shape index (κ2) is 12.6. The van der Waals surface area contributed by atoms with Crippen molar-refractivity contribution in [1.29, 1.82) is 5.26 Å². The van der Waals surface area contributed by atoms with Crippen LogP contribution in [0, 0.1) is 18.3 Å². The Balaban J connectivity index is 0.000000320. The van der Waals surface area contributed by atoms with E-state index in [0.29, 0.717) is 46.2 Å². The zero-order valence-corrected chi connectivity index (χ0v) is 22.1. The zero-order chi connectivity index (χ0) is 28.7. The van der Waals surface area contributed by atoms with Gasteiger partial charge in [0.25, 0.3) is 0 Å². The van der Waals surface area contributed by atoms with Gasteiger partial charge in [-0.2, -0.15) is 5.26 Å². The molecule has 0 aliphatic carbocycles. The molecule has 0 fully saturated rings. The molecule has 39 heavy (non-hydrogen) atoms. The molecule has 1 unspecified atom stereocenters. The number of carboxylic acid groups (broad SMARTS) is 1. The van der Waals surface area contributed by atoms with E-state index in [-0.39, 0.29) is 0 Å². The summed E-state index contributed by atoms with van der Waals surface area (Å²) in [5.74, 6) is -1.39. The lowest BCUT2D eigenvalue weighted by atomic mass is 9.79. The molecule has 202 valence electrons. The number of carboxylic acids is 1. The van der Waals surface area contributed by atoms with E-state index in [1.54, 1.807) is 54.7 Å². The Kier molecular flexibility index (Phi) is 9.25. The summed E-state index contributed by atoms with van der Waals surface area (Å²) in [7, 11) is 1.53. The van der Waals surface area contributed by atoms with Gasteiger partial charge in [-0.05, 0) is 44.0 Å². The van der Waals surface area contributed by atoms with Crippen molar-refractivity contribution in [1.82, 2.24) is 4.98 Å². The molecule has 1 aromatic heterocycles. The number of aryl methyl sites for hydroxylation is 1. The highest BCUT2D eigenvalue weighted by molar-refractivity contribution is 5.98. The van der Waals surface area contributed by atoms with Gasteiger partial charge in [-0.3, -0.25) is 4.79 Å². The fraction of sp³-hybridized carbons (Fsp3) is 0.241. The quantitative estimate of drug-likeness (QED) is 0.355. The van der Waals surface area contributed by atoms with Gasteiger partial charge in [0.05, 0.1) is 42.5 Å². The average molecular weight is 531 g/mol. The van der Waals surface area contributed by atoms with Gasteiger partial charge in [0.1, 0.15) is 5.75 Å². The highest BCUT2D eigenvalue weighted by Gasteiger charge is 2.37. The number of aromatic nitrogens is 1. The first kappa shape index (κ1) is 28.7. The molecule has 0 spiro atoms. The van der Waals surface area contributed by atoms with Gasteiger partial charge in [0.15, 0.2) is 6.10 Å². The number of hydrogen-bond acceptors (Lipinski definition) is 8. The van der Waals surface area contributed by atoms with Crippen LogP contribution in [0.5, 0.6) is 11.6 Å². The number of benzene rings is 2. The second-order valence-electron chi connectivity index (χ2n) is 8.65. The van der Waals surface area contributed by atoms with Crippen molar-refractivity contribution >= 4 is 17.6 Å². The number of nitrogens with one attached hydrogen (secondary N) is 1. The number of aliphatic hydroxyl groups is 1. The van der Waals surface area contributed by atoms with Gasteiger partial charge in [0, 0.05) is 23.0 Å². The Morgan fingerprint density at radius 2 is 1.90 bits per heavy atom. The number of rotatable bonds is 7. The first-order chi connectivity index (χ1) is 18.6. The summed E-state index contributed by atoms with van der Waals surface area (Å²) in [5.41, 5.74) is 10.9. The molecule has 2 atom stereocenters. The number of pyridine rings is 1. The molecule has 5 N–H and O–H groups in total. The molecule has 0 saturated heterocycles. The molecule has 3 aromatic rings. The molecule has 10 nitrogen and oxygen atoms in total. The Labute approximate surface area is 226 Å². The lowest BCUT2D eigenvalue weighted by Gasteiger charge is -2.32. The normalized spacial score (nSPS) is 14.5. The number of nitrogens with zero attached hydrogens (tertiary/aromatic N) is 2. The van der Waals surface area contributed by atoms with E-state index in [4.69, 9.17) is 25.4 Å². The predicted molar refractivity (Wildman–Crippen MR) is 144 cm³/mol. The van der Waals surface area contributed by atoms with Crippen LogP contribution in [0.25, 0.3) is 0 Å². The minimum atomic E-state index is -1.41. The van der Waals surface area contributed by atoms with Gasteiger partial charge >= 0.3 is 5.97 Å². The lowest BCUT2D eigenvalue weighted by molar-refractivity contribution is -0.147. The smallest absolute Gasteiger partial charge is 0.337 e. The standard InChI is InChI=1S/C21H22N4O3.C8H8O3/c1-5-28-21-18-17(14-7-6-13(9-22)8-15(14)27-4)16(20(23)26)12(3)25-19(18)11(2)10-24-21;9-7(8(10)11)6-4-2-1-3-5-6/h6-8,10,17,25H,5H2,1-4H3,(H2,23,26);1-5,7,9H,(H,10,11)/t17-;/m1./s1. The summed E-state index contributed by atoms with van der Waals surface area (Å²) in [5, 5.41) is 29.9. The van der Waals surface area contributed by atoms with E-state index >= 15 is 0 Å². The third-order valence-electron chi connectivity index (χ3n) is 6.13. The zero-order valence-electron chi connectivity index (χ0n) is 22.1. The summed E-state index contributed by atoms with van der Waals surface area (Å²) < 4.78 is 11.3. The summed E-state index contributed by atoms with van der Waals surface area (Å²) in [4.78, 5) is 27.1. The molecule has 10 heteroatoms. The number of aliphatic hydroxyl groups excluding tert-OH is 1. The maximum absolute atomic E-state index is 12.4. The van der Waals surface area contributed by atoms with Crippen molar-refractivity contribution in [2.45, 2.75) is 32.8 Å². The number of nitrogens with two attached hydrogens (primary N) is 1. The number of carbonyl (C=O) groups excluding carboxylic acids is 1. The van der Waals surface area contributed by atoms with Crippen molar-refractivity contribution in [3.8, 4) is 17.7 Å². The van der Waals surface area contributed by atoms with Crippen LogP contribution >= 0.6 is 0 Å². The molecule has 0 bridgehead atoms. The first-order valence-electron chi connectivity index (χ1n) is 12.1. The van der Waals surface area contributed by atoms with Gasteiger partial charge < -0.3 is 30.7 Å². The Hall–Kier alpha value is -4.88. The van der Waals surface area contributed by atoms with E-state index in [0.717, 1.165) is 16.8 Å². The summed E-state index contributed by atoms with van der Waals surface area (Å²) in [6.45, 7) is 6.04. The minimum Gasteiger partial charge on any atom is -0.496 e. The van der Waals surface area contributed by atoms with Crippen molar-refractivity contribution in [2.24, 2.45) is 5.73 Å². The number of nitriles is 1. The summed E-state index contributed by atoms with van der Waals surface area (Å²) in [6, 6.07) is 15.5. The second-order valence-corrected chi connectivity index (χ2v) is 8.65. The number of amides is 1. The number of ether oxygens (including phenoxy) is 2. The summed E-state index contributed by atoms with van der Waals surface area (Å²) >= 11 is 0. The highest BCUT2D eigenvalue weighted by Crippen LogP contribution is 2.48. The molecule has 4 rings (SSSR count). The minimum absolute atomic E-state index is 0.403. The fourth-order valence-corrected chi connectivity index (χ4v) is 4.35. The fourth-order valence-electron chi connectivity index (χ4n) is 4.35. The Bertz CT molecular complexity index is 1450. The van der Waals surface area contributed by atoms with Crippen molar-refractivity contribution in [2.75, 3.05) is 19.0 Å². The topological polar surface area (TPSA) is 168 Å². The largest absolute Gasteiger partial charge is 0.496 e. The van der Waals surface area contributed by atoms with E-state index in [1.165, 1.54) is 7.11 Å². The number of fused-ring (bicyclic) bond motifs is 1. The lowest BCUT2D eigenvalue weighted by Crippen LogP contribution is -2.28. The van der Waals surface area contributed by atoms with E-state index in [1.807, 2.05) is 20.8 Å². The van der Waals surface area contributed by atoms with Crippen LogP contribution in [0.1, 0.15) is 53.7 Å².